The van der Waals surface area contributed by atoms with Crippen molar-refractivity contribution in [2.24, 2.45) is 0 Å². The second-order valence-electron chi connectivity index (χ2n) is 4.11. The van der Waals surface area contributed by atoms with E-state index >= 15 is 0 Å². The maximum Gasteiger partial charge on any atom is 0.358 e. The molecule has 2 aromatic rings. The first-order valence-electron chi connectivity index (χ1n) is 5.83. The maximum absolute atomic E-state index is 12.0. The minimum atomic E-state index is -0.506. The summed E-state index contributed by atoms with van der Waals surface area (Å²) in [6.07, 6.45) is 0. The fourth-order valence-electron chi connectivity index (χ4n) is 1.73. The topological polar surface area (TPSA) is 61.2 Å². The van der Waals surface area contributed by atoms with E-state index in [0.717, 1.165) is 5.69 Å². The van der Waals surface area contributed by atoms with Gasteiger partial charge in [-0.1, -0.05) is 30.3 Å². The SMILES string of the molecule is COC(=O)c1cc(C)n(CC(=O)c2ccccc2)n1. The number of rotatable bonds is 4. The van der Waals surface area contributed by atoms with Crippen LogP contribution in [-0.2, 0) is 11.3 Å². The quantitative estimate of drug-likeness (QED) is 0.620. The fourth-order valence-corrected chi connectivity index (χ4v) is 1.73. The standard InChI is InChI=1S/C14H14N2O3/c1-10-8-12(14(18)19-2)15-16(10)9-13(17)11-6-4-3-5-7-11/h3-8H,9H2,1-2H3. The number of ether oxygens (including phenoxy) is 1. The predicted octanol–water partition coefficient (Wildman–Crippen LogP) is 1.86. The highest BCUT2D eigenvalue weighted by Gasteiger charge is 2.14. The zero-order valence-electron chi connectivity index (χ0n) is 10.8. The molecule has 0 amide bonds. The first-order valence-corrected chi connectivity index (χ1v) is 5.83. The molecule has 0 saturated heterocycles. The Morgan fingerprint density at radius 3 is 2.58 bits per heavy atom. The third-order valence-electron chi connectivity index (χ3n) is 2.76. The van der Waals surface area contributed by atoms with Gasteiger partial charge in [0.05, 0.1) is 7.11 Å². The molecular weight excluding hydrogens is 244 g/mol. The van der Waals surface area contributed by atoms with Crippen LogP contribution in [0.25, 0.3) is 0 Å². The number of hydrogen-bond acceptors (Lipinski definition) is 4. The normalized spacial score (nSPS) is 10.2. The molecule has 0 radical (unpaired) electrons. The second-order valence-corrected chi connectivity index (χ2v) is 4.11. The van der Waals surface area contributed by atoms with Gasteiger partial charge >= 0.3 is 5.97 Å². The van der Waals surface area contributed by atoms with E-state index in [4.69, 9.17) is 0 Å². The molecule has 5 heteroatoms. The van der Waals surface area contributed by atoms with Crippen LogP contribution in [0.5, 0.6) is 0 Å². The van der Waals surface area contributed by atoms with Crippen LogP contribution in [0.15, 0.2) is 36.4 Å². The Kier molecular flexibility index (Phi) is 3.75. The molecule has 0 bridgehead atoms. The lowest BCUT2D eigenvalue weighted by molar-refractivity contribution is 0.0592. The number of aromatic nitrogens is 2. The molecule has 0 N–H and O–H groups in total. The van der Waals surface area contributed by atoms with Crippen LogP contribution in [0.3, 0.4) is 0 Å². The Balaban J connectivity index is 2.18. The highest BCUT2D eigenvalue weighted by Crippen LogP contribution is 2.07. The van der Waals surface area contributed by atoms with E-state index in [2.05, 4.69) is 9.84 Å². The molecule has 0 aliphatic heterocycles. The number of benzene rings is 1. The van der Waals surface area contributed by atoms with Gasteiger partial charge in [-0.25, -0.2) is 4.79 Å². The summed E-state index contributed by atoms with van der Waals surface area (Å²) in [4.78, 5) is 23.4. The van der Waals surface area contributed by atoms with Crippen molar-refractivity contribution in [2.75, 3.05) is 7.11 Å². The predicted molar refractivity (Wildman–Crippen MR) is 69.1 cm³/mol. The number of carbonyl (C=O) groups excluding carboxylic acids is 2. The van der Waals surface area contributed by atoms with Crippen LogP contribution in [-0.4, -0.2) is 28.6 Å². The van der Waals surface area contributed by atoms with Gasteiger partial charge in [-0.3, -0.25) is 9.48 Å². The lowest BCUT2D eigenvalue weighted by Crippen LogP contribution is -2.13. The molecular formula is C14H14N2O3. The van der Waals surface area contributed by atoms with Crippen LogP contribution >= 0.6 is 0 Å². The van der Waals surface area contributed by atoms with Crippen molar-refractivity contribution in [3.63, 3.8) is 0 Å². The summed E-state index contributed by atoms with van der Waals surface area (Å²) in [5.74, 6) is -0.558. The van der Waals surface area contributed by atoms with Crippen LogP contribution in [0.4, 0.5) is 0 Å². The lowest BCUT2D eigenvalue weighted by atomic mass is 10.1. The molecule has 0 spiro atoms. The Morgan fingerprint density at radius 2 is 1.95 bits per heavy atom. The number of aryl methyl sites for hydroxylation is 1. The Morgan fingerprint density at radius 1 is 1.26 bits per heavy atom. The van der Waals surface area contributed by atoms with Crippen LogP contribution < -0.4 is 0 Å². The van der Waals surface area contributed by atoms with E-state index in [9.17, 15) is 9.59 Å². The summed E-state index contributed by atoms with van der Waals surface area (Å²) in [7, 11) is 1.30. The largest absolute Gasteiger partial charge is 0.464 e. The number of Topliss-reactive ketones (excluding diaryl/α,β-unsaturated/α-hetero) is 1. The Bertz CT molecular complexity index is 602. The second kappa shape index (κ2) is 5.48. The Labute approximate surface area is 110 Å². The maximum atomic E-state index is 12.0. The number of nitrogens with zero attached hydrogens (tertiary/aromatic N) is 2. The van der Waals surface area contributed by atoms with Crippen LogP contribution in [0.1, 0.15) is 26.5 Å². The number of carbonyl (C=O) groups is 2. The van der Waals surface area contributed by atoms with Gasteiger partial charge < -0.3 is 4.74 Å². The van der Waals surface area contributed by atoms with Crippen molar-refractivity contribution in [2.45, 2.75) is 13.5 Å². The fraction of sp³-hybridized carbons (Fsp3) is 0.214. The number of ketones is 1. The molecule has 1 heterocycles. The van der Waals surface area contributed by atoms with Crippen molar-refractivity contribution >= 4 is 11.8 Å². The van der Waals surface area contributed by atoms with Crippen LogP contribution in [0.2, 0.25) is 0 Å². The molecule has 0 fully saturated rings. The van der Waals surface area contributed by atoms with Crippen molar-refractivity contribution in [1.29, 1.82) is 0 Å². The van der Waals surface area contributed by atoms with E-state index in [1.807, 2.05) is 18.2 Å². The van der Waals surface area contributed by atoms with Crippen molar-refractivity contribution in [3.05, 3.63) is 53.3 Å². The van der Waals surface area contributed by atoms with Crippen molar-refractivity contribution < 1.29 is 14.3 Å². The van der Waals surface area contributed by atoms with Gasteiger partial charge in [0.2, 0.25) is 0 Å². The average Bonchev–Trinajstić information content (AvgIpc) is 2.80. The van der Waals surface area contributed by atoms with Gasteiger partial charge in [-0.2, -0.15) is 5.10 Å². The lowest BCUT2D eigenvalue weighted by Gasteiger charge is -2.03. The monoisotopic (exact) mass is 258 g/mol. The van der Waals surface area contributed by atoms with Crippen molar-refractivity contribution in [1.82, 2.24) is 9.78 Å². The third kappa shape index (κ3) is 2.88. The van der Waals surface area contributed by atoms with Crippen molar-refractivity contribution in [3.8, 4) is 0 Å². The molecule has 2 rings (SSSR count). The van der Waals surface area contributed by atoms with Crippen LogP contribution in [0, 0.1) is 6.92 Å². The van der Waals surface area contributed by atoms with E-state index in [-0.39, 0.29) is 18.0 Å². The summed E-state index contributed by atoms with van der Waals surface area (Å²) in [6, 6.07) is 10.6. The minimum Gasteiger partial charge on any atom is -0.464 e. The summed E-state index contributed by atoms with van der Waals surface area (Å²) >= 11 is 0. The molecule has 1 aromatic heterocycles. The molecule has 98 valence electrons. The summed E-state index contributed by atoms with van der Waals surface area (Å²) in [5.41, 5.74) is 1.57. The van der Waals surface area contributed by atoms with Gasteiger partial charge in [0.1, 0.15) is 6.54 Å². The average molecular weight is 258 g/mol. The molecule has 0 aliphatic rings. The zero-order chi connectivity index (χ0) is 13.8. The molecule has 0 aliphatic carbocycles. The zero-order valence-corrected chi connectivity index (χ0v) is 10.8. The Hall–Kier alpha value is -2.43. The van der Waals surface area contributed by atoms with Gasteiger partial charge in [0.25, 0.3) is 0 Å². The molecule has 0 unspecified atom stereocenters. The summed E-state index contributed by atoms with van der Waals surface area (Å²) in [6.45, 7) is 1.89. The van der Waals surface area contributed by atoms with Gasteiger partial charge in [0.15, 0.2) is 11.5 Å². The first-order chi connectivity index (χ1) is 9.11. The molecule has 5 nitrogen and oxygen atoms in total. The summed E-state index contributed by atoms with van der Waals surface area (Å²) in [5, 5.41) is 4.07. The van der Waals surface area contributed by atoms with E-state index in [1.165, 1.54) is 11.8 Å². The number of methoxy groups -OCH3 is 1. The van der Waals surface area contributed by atoms with Gasteiger partial charge in [-0.15, -0.1) is 0 Å². The van der Waals surface area contributed by atoms with Gasteiger partial charge in [0, 0.05) is 11.3 Å². The molecule has 0 saturated carbocycles. The van der Waals surface area contributed by atoms with E-state index in [1.54, 1.807) is 25.1 Å². The van der Waals surface area contributed by atoms with Gasteiger partial charge in [-0.05, 0) is 13.0 Å². The highest BCUT2D eigenvalue weighted by molar-refractivity contribution is 5.96. The highest BCUT2D eigenvalue weighted by atomic mass is 16.5. The summed E-state index contributed by atoms with van der Waals surface area (Å²) < 4.78 is 6.10. The van der Waals surface area contributed by atoms with E-state index < -0.39 is 5.97 Å². The number of esters is 1. The minimum absolute atomic E-state index is 0.0526. The third-order valence-corrected chi connectivity index (χ3v) is 2.76. The molecule has 19 heavy (non-hydrogen) atoms. The number of hydrogen-bond donors (Lipinski definition) is 0. The smallest absolute Gasteiger partial charge is 0.358 e. The van der Waals surface area contributed by atoms with E-state index in [0.29, 0.717) is 5.56 Å². The first kappa shape index (κ1) is 13.0. The molecule has 0 atom stereocenters. The molecule has 1 aromatic carbocycles.